The topological polar surface area (TPSA) is 65.0 Å². The highest BCUT2D eigenvalue weighted by Crippen LogP contribution is 2.45. The van der Waals surface area contributed by atoms with Crippen molar-refractivity contribution < 1.29 is 24.1 Å². The molecule has 1 N–H and O–H groups in total. The third kappa shape index (κ3) is 3.53. The number of carbonyl (C=O) groups is 1. The summed E-state index contributed by atoms with van der Waals surface area (Å²) in [5, 5.41) is 9.33. The number of hydrogen-bond donors (Lipinski definition) is 1. The number of aliphatic carboxylic acids is 1. The van der Waals surface area contributed by atoms with Crippen LogP contribution in [0.5, 0.6) is 17.2 Å². The molecule has 0 radical (unpaired) electrons. The first kappa shape index (κ1) is 18.6. The summed E-state index contributed by atoms with van der Waals surface area (Å²) >= 11 is 0. The molecule has 3 rings (SSSR count). The summed E-state index contributed by atoms with van der Waals surface area (Å²) in [5.74, 6) is 1.16. The van der Waals surface area contributed by atoms with E-state index in [0.717, 1.165) is 33.4 Å². The summed E-state index contributed by atoms with van der Waals surface area (Å²) in [5.41, 5.74) is 5.61. The Labute approximate surface area is 158 Å². The Bertz CT molecular complexity index is 953. The van der Waals surface area contributed by atoms with Gasteiger partial charge >= 0.3 is 5.97 Å². The number of allylic oxidation sites excluding steroid dienone is 2. The van der Waals surface area contributed by atoms with E-state index in [2.05, 4.69) is 0 Å². The molecule has 27 heavy (non-hydrogen) atoms. The van der Waals surface area contributed by atoms with Crippen LogP contribution < -0.4 is 14.2 Å². The van der Waals surface area contributed by atoms with Crippen molar-refractivity contribution in [2.75, 3.05) is 21.3 Å². The van der Waals surface area contributed by atoms with Gasteiger partial charge in [0, 0.05) is 0 Å². The molecule has 0 saturated carbocycles. The first-order valence-corrected chi connectivity index (χ1v) is 8.53. The van der Waals surface area contributed by atoms with Crippen LogP contribution in [0, 0.1) is 0 Å². The number of benzene rings is 2. The van der Waals surface area contributed by atoms with E-state index in [1.54, 1.807) is 21.3 Å². The number of carboxylic acids is 1. The van der Waals surface area contributed by atoms with Gasteiger partial charge in [0.05, 0.1) is 27.8 Å². The number of hydrogen-bond acceptors (Lipinski definition) is 4. The third-order valence-corrected chi connectivity index (χ3v) is 4.75. The van der Waals surface area contributed by atoms with E-state index in [4.69, 9.17) is 14.2 Å². The maximum Gasteiger partial charge on any atom is 0.307 e. The molecule has 0 aromatic heterocycles. The minimum absolute atomic E-state index is 0.0325. The van der Waals surface area contributed by atoms with Gasteiger partial charge in [-0.25, -0.2) is 0 Å². The van der Waals surface area contributed by atoms with Crippen LogP contribution >= 0.6 is 0 Å². The van der Waals surface area contributed by atoms with Gasteiger partial charge in [-0.05, 0) is 70.7 Å². The normalized spacial score (nSPS) is 14.3. The van der Waals surface area contributed by atoms with E-state index in [1.165, 1.54) is 0 Å². The molecule has 1 aliphatic carbocycles. The lowest BCUT2D eigenvalue weighted by atomic mass is 10.00. The molecule has 1 aliphatic rings. The van der Waals surface area contributed by atoms with Gasteiger partial charge in [0.1, 0.15) is 5.75 Å². The molecule has 2 aromatic carbocycles. The standard InChI is InChI=1S/C22H22O5/c1-13-17(9-14-5-8-20(26-3)21(10-14)27-4)16-7-6-15(25-2)11-19(16)18(13)12-22(23)24/h5-11H,12H2,1-4H3,(H,23,24). The van der Waals surface area contributed by atoms with Crippen molar-refractivity contribution in [3.05, 3.63) is 58.7 Å². The highest BCUT2D eigenvalue weighted by atomic mass is 16.5. The average molecular weight is 366 g/mol. The lowest BCUT2D eigenvalue weighted by Crippen LogP contribution is -1.97. The quantitative estimate of drug-likeness (QED) is 0.815. The van der Waals surface area contributed by atoms with E-state index >= 15 is 0 Å². The number of methoxy groups -OCH3 is 3. The second-order valence-electron chi connectivity index (χ2n) is 6.26. The van der Waals surface area contributed by atoms with Crippen LogP contribution in [0.15, 0.2) is 42.0 Å². The fourth-order valence-electron chi connectivity index (χ4n) is 3.38. The highest BCUT2D eigenvalue weighted by molar-refractivity contribution is 6.07. The first-order valence-electron chi connectivity index (χ1n) is 8.53. The molecular weight excluding hydrogens is 344 g/mol. The predicted molar refractivity (Wildman–Crippen MR) is 105 cm³/mol. The van der Waals surface area contributed by atoms with Crippen LogP contribution in [-0.4, -0.2) is 32.4 Å². The van der Waals surface area contributed by atoms with Crippen LogP contribution in [0.25, 0.3) is 17.2 Å². The zero-order chi connectivity index (χ0) is 19.6. The molecule has 0 atom stereocenters. The Hall–Kier alpha value is -3.21. The maximum absolute atomic E-state index is 11.4. The Morgan fingerprint density at radius 2 is 1.70 bits per heavy atom. The first-order chi connectivity index (χ1) is 13.0. The predicted octanol–water partition coefficient (Wildman–Crippen LogP) is 4.51. The van der Waals surface area contributed by atoms with E-state index in [1.807, 2.05) is 49.4 Å². The molecular formula is C22H22O5. The number of carboxylic acid groups (broad SMARTS) is 1. The average Bonchev–Trinajstić information content (AvgIpc) is 2.92. The summed E-state index contributed by atoms with van der Waals surface area (Å²) in [6.07, 6.45) is 2.01. The van der Waals surface area contributed by atoms with Gasteiger partial charge in [-0.1, -0.05) is 12.1 Å². The lowest BCUT2D eigenvalue weighted by Gasteiger charge is -2.09. The SMILES string of the molecule is COc1ccc2c(c1)C(CC(=O)O)=C(C)C2=Cc1ccc(OC)c(OC)c1. The molecule has 140 valence electrons. The van der Waals surface area contributed by atoms with E-state index in [-0.39, 0.29) is 6.42 Å². The second-order valence-corrected chi connectivity index (χ2v) is 6.26. The van der Waals surface area contributed by atoms with Gasteiger partial charge in [0.2, 0.25) is 0 Å². The van der Waals surface area contributed by atoms with Crippen molar-refractivity contribution >= 4 is 23.2 Å². The highest BCUT2D eigenvalue weighted by Gasteiger charge is 2.25. The maximum atomic E-state index is 11.4. The molecule has 5 nitrogen and oxygen atoms in total. The summed E-state index contributed by atoms with van der Waals surface area (Å²) in [6.45, 7) is 1.96. The molecule has 0 heterocycles. The number of fused-ring (bicyclic) bond motifs is 1. The van der Waals surface area contributed by atoms with Crippen LogP contribution in [0.3, 0.4) is 0 Å². The van der Waals surface area contributed by atoms with E-state index in [9.17, 15) is 9.90 Å². The molecule has 0 unspecified atom stereocenters. The fourth-order valence-corrected chi connectivity index (χ4v) is 3.38. The fraction of sp³-hybridized carbons (Fsp3) is 0.227. The van der Waals surface area contributed by atoms with Gasteiger partial charge in [0.15, 0.2) is 11.5 Å². The van der Waals surface area contributed by atoms with Gasteiger partial charge < -0.3 is 19.3 Å². The summed E-state index contributed by atoms with van der Waals surface area (Å²) in [7, 11) is 4.80. The van der Waals surface area contributed by atoms with Crippen molar-refractivity contribution in [1.29, 1.82) is 0 Å². The Morgan fingerprint density at radius 1 is 0.963 bits per heavy atom. The van der Waals surface area contributed by atoms with Crippen LogP contribution in [-0.2, 0) is 4.79 Å². The molecule has 0 bridgehead atoms. The van der Waals surface area contributed by atoms with E-state index in [0.29, 0.717) is 17.2 Å². The minimum Gasteiger partial charge on any atom is -0.497 e. The second kappa shape index (κ2) is 7.58. The molecule has 0 aliphatic heterocycles. The summed E-state index contributed by atoms with van der Waals surface area (Å²) in [4.78, 5) is 11.4. The van der Waals surface area contributed by atoms with Crippen molar-refractivity contribution in [3.8, 4) is 17.2 Å². The van der Waals surface area contributed by atoms with Gasteiger partial charge in [-0.2, -0.15) is 0 Å². The van der Waals surface area contributed by atoms with Crippen molar-refractivity contribution in [3.63, 3.8) is 0 Å². The van der Waals surface area contributed by atoms with Gasteiger partial charge in [-0.15, -0.1) is 0 Å². The van der Waals surface area contributed by atoms with Crippen LogP contribution in [0.4, 0.5) is 0 Å². The number of ether oxygens (including phenoxy) is 3. The zero-order valence-electron chi connectivity index (χ0n) is 15.8. The molecule has 2 aromatic rings. The van der Waals surface area contributed by atoms with Crippen LogP contribution in [0.2, 0.25) is 0 Å². The minimum atomic E-state index is -0.856. The number of rotatable bonds is 6. The van der Waals surface area contributed by atoms with Crippen molar-refractivity contribution in [1.82, 2.24) is 0 Å². The van der Waals surface area contributed by atoms with E-state index < -0.39 is 5.97 Å². The zero-order valence-corrected chi connectivity index (χ0v) is 15.8. The Kier molecular flexibility index (Phi) is 5.21. The molecule has 0 fully saturated rings. The Morgan fingerprint density at radius 3 is 2.33 bits per heavy atom. The summed E-state index contributed by atoms with van der Waals surface area (Å²) < 4.78 is 16.0. The molecule has 5 heteroatoms. The third-order valence-electron chi connectivity index (χ3n) is 4.75. The van der Waals surface area contributed by atoms with Gasteiger partial charge in [0.25, 0.3) is 0 Å². The molecule has 0 saturated heterocycles. The lowest BCUT2D eigenvalue weighted by molar-refractivity contribution is -0.135. The molecule has 0 spiro atoms. The largest absolute Gasteiger partial charge is 0.497 e. The smallest absolute Gasteiger partial charge is 0.307 e. The van der Waals surface area contributed by atoms with Gasteiger partial charge in [-0.3, -0.25) is 4.79 Å². The molecule has 0 amide bonds. The summed E-state index contributed by atoms with van der Waals surface area (Å²) in [6, 6.07) is 11.5. The van der Waals surface area contributed by atoms with Crippen molar-refractivity contribution in [2.45, 2.75) is 13.3 Å². The van der Waals surface area contributed by atoms with Crippen molar-refractivity contribution in [2.24, 2.45) is 0 Å². The monoisotopic (exact) mass is 366 g/mol. The Balaban J connectivity index is 2.14. The van der Waals surface area contributed by atoms with Crippen LogP contribution in [0.1, 0.15) is 30.0 Å².